The maximum atomic E-state index is 7.62. The minimum absolute atomic E-state index is 0.0125. The van der Waals surface area contributed by atoms with Crippen LogP contribution in [0.3, 0.4) is 0 Å². The number of nitrogens with two attached hydrogens (primary N) is 1. The Balaban J connectivity index is 2.82. The Morgan fingerprint density at radius 1 is 1.53 bits per heavy atom. The molecule has 3 N–H and O–H groups in total. The number of nitrogens with one attached hydrogen (secondary N) is 1. The van der Waals surface area contributed by atoms with Gasteiger partial charge in [-0.15, -0.1) is 0 Å². The summed E-state index contributed by atoms with van der Waals surface area (Å²) in [4.78, 5) is 7.82. The lowest BCUT2D eigenvalue weighted by Crippen LogP contribution is -2.09. The smallest absolute Gasteiger partial charge is 0.232 e. The molecule has 2 aromatic rings. The van der Waals surface area contributed by atoms with E-state index in [2.05, 4.69) is 15.1 Å². The lowest BCUT2D eigenvalue weighted by atomic mass is 10.3. The summed E-state index contributed by atoms with van der Waals surface area (Å²) in [5.41, 5.74) is 6.64. The first-order valence-corrected chi connectivity index (χ1v) is 4.21. The molecule has 0 fully saturated rings. The predicted molar refractivity (Wildman–Crippen MR) is 54.6 cm³/mol. The van der Waals surface area contributed by atoms with Crippen molar-refractivity contribution in [3.63, 3.8) is 0 Å². The fourth-order valence-corrected chi connectivity index (χ4v) is 1.40. The van der Waals surface area contributed by atoms with Crippen LogP contribution in [0.2, 0.25) is 0 Å². The van der Waals surface area contributed by atoms with E-state index in [-0.39, 0.29) is 5.90 Å². The second-order valence-corrected chi connectivity index (χ2v) is 2.96. The van der Waals surface area contributed by atoms with Gasteiger partial charge in [0.1, 0.15) is 17.8 Å². The van der Waals surface area contributed by atoms with E-state index in [1.165, 1.54) is 18.1 Å². The number of fused-ring (bicyclic) bond motifs is 1. The van der Waals surface area contributed by atoms with Crippen LogP contribution in [0.5, 0.6) is 0 Å². The number of nitrogen functional groups attached to an aromatic ring is 1. The van der Waals surface area contributed by atoms with Crippen molar-refractivity contribution in [1.29, 1.82) is 5.41 Å². The summed E-state index contributed by atoms with van der Waals surface area (Å²) in [6, 6.07) is 0. The molecule has 7 heteroatoms. The molecule has 2 heterocycles. The van der Waals surface area contributed by atoms with Crippen LogP contribution in [0.15, 0.2) is 6.33 Å². The molecule has 7 nitrogen and oxygen atoms in total. The number of nitrogens with zero attached hydrogens (tertiary/aromatic N) is 4. The summed E-state index contributed by atoms with van der Waals surface area (Å²) < 4.78 is 6.35. The third kappa shape index (κ3) is 1.28. The summed E-state index contributed by atoms with van der Waals surface area (Å²) in [6.45, 7) is 0. The summed E-state index contributed by atoms with van der Waals surface area (Å²) in [7, 11) is 3.12. The highest BCUT2D eigenvalue weighted by atomic mass is 16.5. The molecule has 0 aliphatic heterocycles. The molecule has 0 aromatic carbocycles. The topological polar surface area (TPSA) is 103 Å². The molecule has 0 saturated carbocycles. The van der Waals surface area contributed by atoms with E-state index < -0.39 is 0 Å². The van der Waals surface area contributed by atoms with Gasteiger partial charge in [0.05, 0.1) is 12.5 Å². The number of aryl methyl sites for hydroxylation is 1. The van der Waals surface area contributed by atoms with Gasteiger partial charge in [0.15, 0.2) is 5.65 Å². The van der Waals surface area contributed by atoms with E-state index in [4.69, 9.17) is 15.9 Å². The van der Waals surface area contributed by atoms with Gasteiger partial charge in [-0.05, 0) is 0 Å². The third-order valence-electron chi connectivity index (χ3n) is 2.08. The summed E-state index contributed by atoms with van der Waals surface area (Å²) >= 11 is 0. The largest absolute Gasteiger partial charge is 0.480 e. The van der Waals surface area contributed by atoms with Gasteiger partial charge in [0.25, 0.3) is 0 Å². The molecule has 0 bridgehead atoms. The molecule has 2 rings (SSSR count). The van der Waals surface area contributed by atoms with Crippen LogP contribution in [-0.2, 0) is 11.8 Å². The summed E-state index contributed by atoms with van der Waals surface area (Å²) in [5.74, 6) is 0.284. The van der Waals surface area contributed by atoms with Crippen LogP contribution in [0.25, 0.3) is 11.0 Å². The van der Waals surface area contributed by atoms with Crippen molar-refractivity contribution in [2.45, 2.75) is 0 Å². The Bertz CT molecular complexity index is 531. The second kappa shape index (κ2) is 3.19. The van der Waals surface area contributed by atoms with E-state index in [0.29, 0.717) is 22.5 Å². The average Bonchev–Trinajstić information content (AvgIpc) is 2.55. The molecule has 0 saturated heterocycles. The Kier molecular flexibility index (Phi) is 2.00. The number of hydrogen-bond donors (Lipinski definition) is 2. The Morgan fingerprint density at radius 2 is 2.27 bits per heavy atom. The molecular formula is C8H10N6O. The molecule has 2 aromatic heterocycles. The number of aromatic nitrogens is 4. The normalized spacial score (nSPS) is 10.5. The van der Waals surface area contributed by atoms with Crippen molar-refractivity contribution in [3.8, 4) is 0 Å². The minimum atomic E-state index is -0.0125. The van der Waals surface area contributed by atoms with E-state index in [1.54, 1.807) is 7.05 Å². The number of ether oxygens (including phenoxy) is 1. The number of rotatable bonds is 1. The van der Waals surface area contributed by atoms with Crippen molar-refractivity contribution in [2.75, 3.05) is 12.8 Å². The first-order valence-electron chi connectivity index (χ1n) is 4.21. The van der Waals surface area contributed by atoms with Crippen LogP contribution >= 0.6 is 0 Å². The van der Waals surface area contributed by atoms with Crippen LogP contribution in [0.1, 0.15) is 5.69 Å². The SMILES string of the molecule is COC(=N)c1c2c(N)ncnc2nn1C. The lowest BCUT2D eigenvalue weighted by Gasteiger charge is -2.03. The highest BCUT2D eigenvalue weighted by molar-refractivity contribution is 6.06. The fourth-order valence-electron chi connectivity index (χ4n) is 1.40. The van der Waals surface area contributed by atoms with Crippen LogP contribution in [0, 0.1) is 5.41 Å². The second-order valence-electron chi connectivity index (χ2n) is 2.96. The van der Waals surface area contributed by atoms with Crippen molar-refractivity contribution in [2.24, 2.45) is 7.05 Å². The van der Waals surface area contributed by atoms with Gasteiger partial charge in [-0.2, -0.15) is 5.10 Å². The van der Waals surface area contributed by atoms with E-state index in [0.717, 1.165) is 0 Å². The highest BCUT2D eigenvalue weighted by Crippen LogP contribution is 2.20. The van der Waals surface area contributed by atoms with Gasteiger partial charge in [0, 0.05) is 7.05 Å². The Labute approximate surface area is 85.4 Å². The Hall–Kier alpha value is -2.18. The third-order valence-corrected chi connectivity index (χ3v) is 2.08. The number of methoxy groups -OCH3 is 1. The molecule has 0 aliphatic rings. The summed E-state index contributed by atoms with van der Waals surface area (Å²) in [6.07, 6.45) is 1.34. The highest BCUT2D eigenvalue weighted by Gasteiger charge is 2.17. The molecule has 0 spiro atoms. The number of hydrogen-bond acceptors (Lipinski definition) is 6. The zero-order chi connectivity index (χ0) is 11.0. The number of anilines is 1. The van der Waals surface area contributed by atoms with Gasteiger partial charge in [-0.1, -0.05) is 0 Å². The van der Waals surface area contributed by atoms with Gasteiger partial charge in [0.2, 0.25) is 5.90 Å². The molecule has 78 valence electrons. The lowest BCUT2D eigenvalue weighted by molar-refractivity contribution is 0.397. The Morgan fingerprint density at radius 3 is 2.93 bits per heavy atom. The molecule has 0 aliphatic carbocycles. The van der Waals surface area contributed by atoms with Crippen molar-refractivity contribution in [1.82, 2.24) is 19.7 Å². The predicted octanol–water partition coefficient (Wildman–Crippen LogP) is -0.0827. The first kappa shape index (κ1) is 9.38. The maximum absolute atomic E-state index is 7.62. The van der Waals surface area contributed by atoms with Gasteiger partial charge in [-0.3, -0.25) is 10.1 Å². The van der Waals surface area contributed by atoms with Crippen molar-refractivity contribution < 1.29 is 4.74 Å². The molecule has 0 radical (unpaired) electrons. The first-order chi connectivity index (χ1) is 7.15. The maximum Gasteiger partial charge on any atom is 0.232 e. The molecular weight excluding hydrogens is 196 g/mol. The quantitative estimate of drug-likeness (QED) is 0.501. The zero-order valence-corrected chi connectivity index (χ0v) is 8.35. The molecule has 15 heavy (non-hydrogen) atoms. The average molecular weight is 206 g/mol. The van der Waals surface area contributed by atoms with E-state index in [9.17, 15) is 0 Å². The van der Waals surface area contributed by atoms with Crippen LogP contribution in [-0.4, -0.2) is 32.8 Å². The monoisotopic (exact) mass is 206 g/mol. The zero-order valence-electron chi connectivity index (χ0n) is 8.35. The fraction of sp³-hybridized carbons (Fsp3) is 0.250. The van der Waals surface area contributed by atoms with Crippen LogP contribution in [0.4, 0.5) is 5.82 Å². The standard InChI is InChI=1S/C8H10N6O/c1-14-5(7(10)15-2)4-6(9)11-3-12-8(4)13-14/h3,10H,1-2H3,(H2,9,11,12,13). The van der Waals surface area contributed by atoms with Gasteiger partial charge >= 0.3 is 0 Å². The van der Waals surface area contributed by atoms with E-state index >= 15 is 0 Å². The molecule has 0 unspecified atom stereocenters. The minimum Gasteiger partial charge on any atom is -0.480 e. The van der Waals surface area contributed by atoms with E-state index in [1.807, 2.05) is 0 Å². The van der Waals surface area contributed by atoms with Crippen molar-refractivity contribution in [3.05, 3.63) is 12.0 Å². The molecule has 0 amide bonds. The van der Waals surface area contributed by atoms with Gasteiger partial charge in [-0.25, -0.2) is 9.97 Å². The summed E-state index contributed by atoms with van der Waals surface area (Å²) in [5, 5.41) is 12.3. The van der Waals surface area contributed by atoms with Gasteiger partial charge < -0.3 is 10.5 Å². The van der Waals surface area contributed by atoms with Crippen molar-refractivity contribution >= 4 is 22.7 Å². The van der Waals surface area contributed by atoms with Crippen LogP contribution < -0.4 is 5.73 Å². The molecule has 0 atom stereocenters.